The molecule has 0 aromatic carbocycles. The van der Waals surface area contributed by atoms with E-state index in [9.17, 15) is 0 Å². The quantitative estimate of drug-likeness (QED) is 0.591. The molecule has 1 aromatic heterocycles. The number of rotatable bonds is 3. The number of thioether (sulfide) groups is 1. The van der Waals surface area contributed by atoms with E-state index in [1.165, 1.54) is 24.0 Å². The number of nitriles is 1. The molecule has 82 valence electrons. The molecule has 0 aliphatic heterocycles. The molecule has 0 N–H and O–H groups in total. The summed E-state index contributed by atoms with van der Waals surface area (Å²) in [6.45, 7) is 3.72. The maximum atomic E-state index is 9.05. The zero-order chi connectivity index (χ0) is 11.4. The van der Waals surface area contributed by atoms with Gasteiger partial charge >= 0.3 is 0 Å². The van der Waals surface area contributed by atoms with Crippen LogP contribution in [0.4, 0.5) is 0 Å². The van der Waals surface area contributed by atoms with Crippen LogP contribution in [-0.2, 0) is 12.8 Å². The van der Waals surface area contributed by atoms with Crippen LogP contribution in [0.2, 0.25) is 0 Å². The number of fused-ring (bicyclic) bond motifs is 1. The average Bonchev–Trinajstić information content (AvgIpc) is 2.36. The monoisotopic (exact) mass is 230 g/mol. The van der Waals surface area contributed by atoms with Crippen molar-refractivity contribution < 1.29 is 0 Å². The first-order chi connectivity index (χ1) is 7.86. The van der Waals surface area contributed by atoms with E-state index in [4.69, 9.17) is 5.26 Å². The number of aromatic nitrogens is 1. The highest BCUT2D eigenvalue weighted by Gasteiger charge is 2.17. The van der Waals surface area contributed by atoms with Crippen LogP contribution in [0.25, 0.3) is 0 Å². The minimum atomic E-state index is 0.762. The Balaban J connectivity index is 2.40. The van der Waals surface area contributed by atoms with Crippen LogP contribution in [0, 0.1) is 11.3 Å². The van der Waals surface area contributed by atoms with Gasteiger partial charge in [-0.2, -0.15) is 5.26 Å². The molecule has 1 aromatic rings. The second kappa shape index (κ2) is 5.18. The molecule has 2 nitrogen and oxygen atoms in total. The Morgan fingerprint density at radius 3 is 2.88 bits per heavy atom. The topological polar surface area (TPSA) is 36.7 Å². The third-order valence-electron chi connectivity index (χ3n) is 2.82. The fraction of sp³-hybridized carbons (Fsp3) is 0.385. The molecule has 0 radical (unpaired) electrons. The smallest absolute Gasteiger partial charge is 0.101 e. The highest BCUT2D eigenvalue weighted by atomic mass is 32.2. The van der Waals surface area contributed by atoms with Crippen LogP contribution in [-0.4, -0.2) is 10.7 Å². The van der Waals surface area contributed by atoms with Crippen molar-refractivity contribution in [1.29, 1.82) is 5.26 Å². The normalized spacial score (nSPS) is 13.9. The van der Waals surface area contributed by atoms with Gasteiger partial charge in [0.25, 0.3) is 0 Å². The minimum absolute atomic E-state index is 0.762. The summed E-state index contributed by atoms with van der Waals surface area (Å²) >= 11 is 1.72. The molecular formula is C13H14N2S. The average molecular weight is 230 g/mol. The van der Waals surface area contributed by atoms with E-state index in [2.05, 4.69) is 17.6 Å². The van der Waals surface area contributed by atoms with Crippen molar-refractivity contribution in [2.75, 3.05) is 5.75 Å². The first-order valence-corrected chi connectivity index (χ1v) is 6.50. The van der Waals surface area contributed by atoms with Crippen molar-refractivity contribution in [3.8, 4) is 6.07 Å². The van der Waals surface area contributed by atoms with Crippen molar-refractivity contribution in [1.82, 2.24) is 4.98 Å². The molecule has 1 heterocycles. The van der Waals surface area contributed by atoms with Gasteiger partial charge in [0.1, 0.15) is 6.07 Å². The first kappa shape index (κ1) is 11.2. The molecule has 0 atom stereocenters. The van der Waals surface area contributed by atoms with Crippen molar-refractivity contribution in [2.24, 2.45) is 0 Å². The standard InChI is InChI=1S/C13H14N2S/c1-2-7-16-13-12-6-4-3-5-11(12)10(8-14)9-15-13/h2,9H,1,3-7H2. The molecule has 0 bridgehead atoms. The van der Waals surface area contributed by atoms with Crippen molar-refractivity contribution in [3.63, 3.8) is 0 Å². The molecular weight excluding hydrogens is 216 g/mol. The summed E-state index contributed by atoms with van der Waals surface area (Å²) in [4.78, 5) is 4.39. The Morgan fingerprint density at radius 1 is 1.44 bits per heavy atom. The number of nitrogens with zero attached hydrogens (tertiary/aromatic N) is 2. The lowest BCUT2D eigenvalue weighted by Gasteiger charge is -2.19. The van der Waals surface area contributed by atoms with Crippen molar-refractivity contribution >= 4 is 11.8 Å². The molecule has 1 aliphatic carbocycles. The van der Waals surface area contributed by atoms with Gasteiger partial charge in [-0.25, -0.2) is 4.98 Å². The van der Waals surface area contributed by atoms with Gasteiger partial charge in [0, 0.05) is 11.9 Å². The molecule has 0 saturated heterocycles. The molecule has 0 saturated carbocycles. The lowest BCUT2D eigenvalue weighted by Crippen LogP contribution is -2.08. The summed E-state index contributed by atoms with van der Waals surface area (Å²) in [6, 6.07) is 2.25. The van der Waals surface area contributed by atoms with Gasteiger partial charge in [0.2, 0.25) is 0 Å². The fourth-order valence-electron chi connectivity index (χ4n) is 2.08. The lowest BCUT2D eigenvalue weighted by molar-refractivity contribution is 0.665. The van der Waals surface area contributed by atoms with E-state index in [0.29, 0.717) is 0 Å². The third kappa shape index (κ3) is 2.12. The van der Waals surface area contributed by atoms with E-state index in [1.54, 1.807) is 18.0 Å². The summed E-state index contributed by atoms with van der Waals surface area (Å²) in [5, 5.41) is 10.1. The summed E-state index contributed by atoms with van der Waals surface area (Å²) < 4.78 is 0. The Morgan fingerprint density at radius 2 is 2.19 bits per heavy atom. The van der Waals surface area contributed by atoms with Gasteiger partial charge in [-0.15, -0.1) is 18.3 Å². The molecule has 0 unspecified atom stereocenters. The van der Waals surface area contributed by atoms with E-state index in [1.807, 2.05) is 6.08 Å². The van der Waals surface area contributed by atoms with E-state index in [-0.39, 0.29) is 0 Å². The van der Waals surface area contributed by atoms with Gasteiger partial charge in [-0.3, -0.25) is 0 Å². The first-order valence-electron chi connectivity index (χ1n) is 5.51. The van der Waals surface area contributed by atoms with E-state index >= 15 is 0 Å². The molecule has 0 fully saturated rings. The summed E-state index contributed by atoms with van der Waals surface area (Å²) in [5.41, 5.74) is 3.30. The molecule has 2 rings (SSSR count). The molecule has 0 amide bonds. The largest absolute Gasteiger partial charge is 0.248 e. The lowest BCUT2D eigenvalue weighted by atomic mass is 9.90. The van der Waals surface area contributed by atoms with Gasteiger partial charge in [0.05, 0.1) is 10.6 Å². The second-order valence-electron chi connectivity index (χ2n) is 3.85. The summed E-state index contributed by atoms with van der Waals surface area (Å²) in [6.07, 6.45) is 8.11. The van der Waals surface area contributed by atoms with Crippen LogP contribution < -0.4 is 0 Å². The molecule has 16 heavy (non-hydrogen) atoms. The maximum absolute atomic E-state index is 9.05. The van der Waals surface area contributed by atoms with E-state index < -0.39 is 0 Å². The predicted molar refractivity (Wildman–Crippen MR) is 66.5 cm³/mol. The fourth-order valence-corrected chi connectivity index (χ4v) is 2.88. The van der Waals surface area contributed by atoms with Crippen molar-refractivity contribution in [2.45, 2.75) is 30.7 Å². The zero-order valence-electron chi connectivity index (χ0n) is 9.20. The number of hydrogen-bond donors (Lipinski definition) is 0. The van der Waals surface area contributed by atoms with Crippen LogP contribution in [0.1, 0.15) is 29.5 Å². The Labute approximate surface area is 100 Å². The Bertz CT molecular complexity index is 446. The Kier molecular flexibility index (Phi) is 3.63. The SMILES string of the molecule is C=CCSc1ncc(C#N)c2c1CCCC2. The highest BCUT2D eigenvalue weighted by Crippen LogP contribution is 2.31. The zero-order valence-corrected chi connectivity index (χ0v) is 10.0. The summed E-state index contributed by atoms with van der Waals surface area (Å²) in [7, 11) is 0. The van der Waals surface area contributed by atoms with Gasteiger partial charge in [-0.1, -0.05) is 6.08 Å². The van der Waals surface area contributed by atoms with Crippen LogP contribution >= 0.6 is 11.8 Å². The number of hydrogen-bond acceptors (Lipinski definition) is 3. The molecule has 0 spiro atoms. The van der Waals surface area contributed by atoms with Crippen LogP contribution in [0.3, 0.4) is 0 Å². The minimum Gasteiger partial charge on any atom is -0.248 e. The third-order valence-corrected chi connectivity index (χ3v) is 3.85. The Hall–Kier alpha value is -1.27. The van der Waals surface area contributed by atoms with Crippen LogP contribution in [0.15, 0.2) is 23.9 Å². The summed E-state index contributed by atoms with van der Waals surface area (Å²) in [5.74, 6) is 0.880. The van der Waals surface area contributed by atoms with Gasteiger partial charge in [-0.05, 0) is 36.8 Å². The highest BCUT2D eigenvalue weighted by molar-refractivity contribution is 7.99. The number of pyridine rings is 1. The molecule has 1 aliphatic rings. The van der Waals surface area contributed by atoms with Crippen molar-refractivity contribution in [3.05, 3.63) is 35.5 Å². The van der Waals surface area contributed by atoms with E-state index in [0.717, 1.165) is 29.2 Å². The van der Waals surface area contributed by atoms with Gasteiger partial charge in [0.15, 0.2) is 0 Å². The second-order valence-corrected chi connectivity index (χ2v) is 4.86. The van der Waals surface area contributed by atoms with Crippen LogP contribution in [0.5, 0.6) is 0 Å². The maximum Gasteiger partial charge on any atom is 0.101 e. The molecule has 3 heteroatoms. The van der Waals surface area contributed by atoms with Gasteiger partial charge < -0.3 is 0 Å². The predicted octanol–water partition coefficient (Wildman–Crippen LogP) is 3.11.